The molecule has 0 radical (unpaired) electrons. The number of amides is 1. The molecule has 32 heavy (non-hydrogen) atoms. The molecule has 1 amide bonds. The highest BCUT2D eigenvalue weighted by Gasteiger charge is 2.42. The molecule has 1 aliphatic carbocycles. The standard InChI is InChI=1S/C22H29N9O/c1-3-31-19(15-10-24-14(2)25-11-15)29-17-18(26-13-27-20(17)31)28-16-6-9-30(12-16)21(32)22(23)7-4-5-8-22/h10-11,13,16H,3-9,12,23H2,1-2H3,(H,26,27,28). The number of hydrogen-bond acceptors (Lipinski definition) is 8. The fourth-order valence-corrected chi connectivity index (χ4v) is 4.86. The number of nitrogens with two attached hydrogens (primary N) is 1. The van der Waals surface area contributed by atoms with Crippen LogP contribution in [-0.2, 0) is 11.3 Å². The third-order valence-electron chi connectivity index (χ3n) is 6.63. The second-order valence-electron chi connectivity index (χ2n) is 8.84. The summed E-state index contributed by atoms with van der Waals surface area (Å²) in [5.74, 6) is 2.25. The largest absolute Gasteiger partial charge is 0.364 e. The number of rotatable bonds is 5. The van der Waals surface area contributed by atoms with Gasteiger partial charge < -0.3 is 20.5 Å². The Bertz CT molecular complexity index is 1130. The summed E-state index contributed by atoms with van der Waals surface area (Å²) in [6, 6.07) is 0.0972. The Hall–Kier alpha value is -3.14. The summed E-state index contributed by atoms with van der Waals surface area (Å²) in [5.41, 5.74) is 8.03. The van der Waals surface area contributed by atoms with Crippen LogP contribution in [0.4, 0.5) is 5.82 Å². The predicted octanol–water partition coefficient (Wildman–Crippen LogP) is 1.90. The topological polar surface area (TPSA) is 128 Å². The van der Waals surface area contributed by atoms with Crippen LogP contribution in [0.3, 0.4) is 0 Å². The quantitative estimate of drug-likeness (QED) is 0.622. The number of likely N-dealkylation sites (tertiary alicyclic amines) is 1. The third kappa shape index (κ3) is 3.58. The Morgan fingerprint density at radius 3 is 2.69 bits per heavy atom. The highest BCUT2D eigenvalue weighted by Crippen LogP contribution is 2.31. The molecule has 10 nitrogen and oxygen atoms in total. The third-order valence-corrected chi connectivity index (χ3v) is 6.63. The first-order valence-electron chi connectivity index (χ1n) is 11.3. The average molecular weight is 436 g/mol. The van der Waals surface area contributed by atoms with E-state index in [1.807, 2.05) is 16.4 Å². The van der Waals surface area contributed by atoms with E-state index in [2.05, 4.69) is 32.2 Å². The molecular weight excluding hydrogens is 406 g/mol. The van der Waals surface area contributed by atoms with E-state index in [1.54, 1.807) is 18.7 Å². The number of carbonyl (C=O) groups excluding carboxylic acids is 1. The molecule has 2 fully saturated rings. The fourth-order valence-electron chi connectivity index (χ4n) is 4.86. The van der Waals surface area contributed by atoms with Crippen LogP contribution in [0.15, 0.2) is 18.7 Å². The van der Waals surface area contributed by atoms with Crippen LogP contribution in [0.5, 0.6) is 0 Å². The molecule has 4 heterocycles. The number of nitrogens with one attached hydrogen (secondary N) is 1. The van der Waals surface area contributed by atoms with Crippen molar-refractivity contribution in [3.8, 4) is 11.4 Å². The summed E-state index contributed by atoms with van der Waals surface area (Å²) < 4.78 is 2.04. The van der Waals surface area contributed by atoms with Crippen molar-refractivity contribution in [3.05, 3.63) is 24.5 Å². The highest BCUT2D eigenvalue weighted by atomic mass is 16.2. The van der Waals surface area contributed by atoms with Crippen LogP contribution in [0.2, 0.25) is 0 Å². The molecule has 0 bridgehead atoms. The first kappa shape index (κ1) is 20.7. The molecule has 3 N–H and O–H groups in total. The first-order chi connectivity index (χ1) is 15.5. The van der Waals surface area contributed by atoms with Crippen LogP contribution in [0.25, 0.3) is 22.6 Å². The van der Waals surface area contributed by atoms with Crippen LogP contribution in [0, 0.1) is 6.92 Å². The molecule has 1 aliphatic heterocycles. The van der Waals surface area contributed by atoms with Gasteiger partial charge in [0.25, 0.3) is 0 Å². The Balaban J connectivity index is 1.39. The van der Waals surface area contributed by atoms with Crippen molar-refractivity contribution in [2.75, 3.05) is 18.4 Å². The lowest BCUT2D eigenvalue weighted by Crippen LogP contribution is -2.53. The van der Waals surface area contributed by atoms with E-state index in [9.17, 15) is 4.79 Å². The van der Waals surface area contributed by atoms with E-state index in [0.29, 0.717) is 36.8 Å². The van der Waals surface area contributed by atoms with E-state index in [-0.39, 0.29) is 11.9 Å². The Labute approximate surface area is 186 Å². The number of aromatic nitrogens is 6. The van der Waals surface area contributed by atoms with Gasteiger partial charge in [-0.3, -0.25) is 4.79 Å². The van der Waals surface area contributed by atoms with E-state index >= 15 is 0 Å². The monoisotopic (exact) mass is 435 g/mol. The first-order valence-corrected chi connectivity index (χ1v) is 11.3. The second kappa shape index (κ2) is 8.09. The predicted molar refractivity (Wildman–Crippen MR) is 121 cm³/mol. The zero-order valence-corrected chi connectivity index (χ0v) is 18.6. The fraction of sp³-hybridized carbons (Fsp3) is 0.545. The molecule has 1 saturated carbocycles. The number of hydrogen-bond donors (Lipinski definition) is 2. The van der Waals surface area contributed by atoms with Crippen molar-refractivity contribution >= 4 is 22.9 Å². The number of anilines is 1. The number of carbonyl (C=O) groups is 1. The normalized spacial score (nSPS) is 20.2. The van der Waals surface area contributed by atoms with Crippen molar-refractivity contribution in [2.45, 2.75) is 64.1 Å². The van der Waals surface area contributed by atoms with Gasteiger partial charge in [0, 0.05) is 38.1 Å². The molecule has 1 saturated heterocycles. The zero-order chi connectivity index (χ0) is 22.3. The molecule has 0 aromatic carbocycles. The summed E-state index contributed by atoms with van der Waals surface area (Å²) in [5, 5.41) is 3.50. The van der Waals surface area contributed by atoms with Crippen molar-refractivity contribution in [2.24, 2.45) is 5.73 Å². The molecule has 168 valence electrons. The van der Waals surface area contributed by atoms with Gasteiger partial charge in [0.2, 0.25) is 5.91 Å². The maximum absolute atomic E-state index is 13.0. The van der Waals surface area contributed by atoms with Gasteiger partial charge in [0.15, 0.2) is 17.0 Å². The van der Waals surface area contributed by atoms with Crippen molar-refractivity contribution in [1.29, 1.82) is 0 Å². The van der Waals surface area contributed by atoms with Crippen molar-refractivity contribution in [3.63, 3.8) is 0 Å². The average Bonchev–Trinajstić information content (AvgIpc) is 3.53. The van der Waals surface area contributed by atoms with Gasteiger partial charge in [-0.15, -0.1) is 0 Å². The Morgan fingerprint density at radius 1 is 1.22 bits per heavy atom. The minimum Gasteiger partial charge on any atom is -0.364 e. The summed E-state index contributed by atoms with van der Waals surface area (Å²) in [6.07, 6.45) is 9.60. The van der Waals surface area contributed by atoms with Crippen LogP contribution >= 0.6 is 0 Å². The van der Waals surface area contributed by atoms with E-state index in [0.717, 1.165) is 49.1 Å². The smallest absolute Gasteiger partial charge is 0.242 e. The molecule has 3 aromatic rings. The lowest BCUT2D eigenvalue weighted by molar-refractivity contribution is -0.135. The molecule has 1 atom stereocenters. The summed E-state index contributed by atoms with van der Waals surface area (Å²) in [6.45, 7) is 5.95. The van der Waals surface area contributed by atoms with Gasteiger partial charge in [-0.05, 0) is 33.1 Å². The van der Waals surface area contributed by atoms with E-state index in [4.69, 9.17) is 10.7 Å². The molecular formula is C22H29N9O. The lowest BCUT2D eigenvalue weighted by atomic mass is 9.97. The van der Waals surface area contributed by atoms with Gasteiger partial charge in [-0.2, -0.15) is 0 Å². The lowest BCUT2D eigenvalue weighted by Gasteiger charge is -2.28. The van der Waals surface area contributed by atoms with Crippen LogP contribution < -0.4 is 11.1 Å². The molecule has 5 rings (SSSR count). The van der Waals surface area contributed by atoms with Gasteiger partial charge in [0.1, 0.15) is 18.0 Å². The van der Waals surface area contributed by atoms with Crippen LogP contribution in [0.1, 0.15) is 44.9 Å². The minimum absolute atomic E-state index is 0.0871. The molecule has 10 heteroatoms. The maximum atomic E-state index is 13.0. The molecule has 2 aliphatic rings. The summed E-state index contributed by atoms with van der Waals surface area (Å²) >= 11 is 0. The number of nitrogens with zero attached hydrogens (tertiary/aromatic N) is 7. The van der Waals surface area contributed by atoms with E-state index < -0.39 is 5.54 Å². The summed E-state index contributed by atoms with van der Waals surface area (Å²) in [7, 11) is 0. The molecule has 0 spiro atoms. The number of imidazole rings is 1. The summed E-state index contributed by atoms with van der Waals surface area (Å²) in [4.78, 5) is 37.3. The SMILES string of the molecule is CCn1c(-c2cnc(C)nc2)nc2c(NC3CCN(C(=O)C4(N)CCCC4)C3)ncnc21. The van der Waals surface area contributed by atoms with Gasteiger partial charge in [0.05, 0.1) is 11.1 Å². The molecule has 1 unspecified atom stereocenters. The minimum atomic E-state index is -0.679. The highest BCUT2D eigenvalue weighted by molar-refractivity contribution is 5.88. The molecule has 3 aromatic heterocycles. The van der Waals surface area contributed by atoms with Crippen LogP contribution in [-0.4, -0.2) is 65.0 Å². The Kier molecular flexibility index (Phi) is 5.24. The van der Waals surface area contributed by atoms with E-state index in [1.165, 1.54) is 0 Å². The van der Waals surface area contributed by atoms with Gasteiger partial charge in [-0.1, -0.05) is 12.8 Å². The van der Waals surface area contributed by atoms with Gasteiger partial charge in [-0.25, -0.2) is 24.9 Å². The zero-order valence-electron chi connectivity index (χ0n) is 18.6. The van der Waals surface area contributed by atoms with Crippen molar-refractivity contribution < 1.29 is 4.79 Å². The number of fused-ring (bicyclic) bond motifs is 1. The van der Waals surface area contributed by atoms with Gasteiger partial charge >= 0.3 is 0 Å². The number of aryl methyl sites for hydroxylation is 2. The van der Waals surface area contributed by atoms with Crippen molar-refractivity contribution in [1.82, 2.24) is 34.4 Å². The second-order valence-corrected chi connectivity index (χ2v) is 8.84. The maximum Gasteiger partial charge on any atom is 0.242 e. The Morgan fingerprint density at radius 2 is 1.97 bits per heavy atom.